The van der Waals surface area contributed by atoms with Crippen molar-refractivity contribution in [1.29, 1.82) is 0 Å². The second-order valence-corrected chi connectivity index (χ2v) is 8.19. The average Bonchev–Trinajstić information content (AvgIpc) is 2.72. The number of alkyl halides is 7. The molecule has 34 heavy (non-hydrogen) atoms. The number of nitrogens with zero attached hydrogens (tertiary/aromatic N) is 1. The molecule has 0 bridgehead atoms. The lowest BCUT2D eigenvalue weighted by Crippen LogP contribution is -2.50. The van der Waals surface area contributed by atoms with Gasteiger partial charge in [0.05, 0.1) is 17.8 Å². The zero-order chi connectivity index (χ0) is 25.6. The highest BCUT2D eigenvalue weighted by molar-refractivity contribution is 5.66. The van der Waals surface area contributed by atoms with Crippen molar-refractivity contribution >= 4 is 5.69 Å². The van der Waals surface area contributed by atoms with Gasteiger partial charge in [-0.15, -0.1) is 0 Å². The number of pyridine rings is 1. The van der Waals surface area contributed by atoms with Crippen LogP contribution in [0.5, 0.6) is 0 Å². The Kier molecular flexibility index (Phi) is 6.32. The van der Waals surface area contributed by atoms with Gasteiger partial charge in [-0.2, -0.15) is 30.7 Å². The number of halogens is 7. The number of aryl methyl sites for hydroxylation is 3. The quantitative estimate of drug-likeness (QED) is 0.427. The summed E-state index contributed by atoms with van der Waals surface area (Å²) >= 11 is 0. The van der Waals surface area contributed by atoms with Gasteiger partial charge in [0, 0.05) is 0 Å². The topological polar surface area (TPSA) is 48.0 Å². The van der Waals surface area contributed by atoms with Crippen LogP contribution in [-0.2, 0) is 12.5 Å². The fourth-order valence-electron chi connectivity index (χ4n) is 3.66. The van der Waals surface area contributed by atoms with Gasteiger partial charge in [-0.1, -0.05) is 47.5 Å². The minimum atomic E-state index is -6.57. The molecule has 3 rings (SSSR count). The summed E-state index contributed by atoms with van der Waals surface area (Å²) in [6.07, 6.45) is -6.57. The molecule has 0 saturated heterocycles. The first-order valence-electron chi connectivity index (χ1n) is 10.1. The van der Waals surface area contributed by atoms with Crippen molar-refractivity contribution in [2.24, 2.45) is 0 Å². The molecule has 1 heterocycles. The van der Waals surface area contributed by atoms with E-state index in [4.69, 9.17) is 5.73 Å². The van der Waals surface area contributed by atoms with Crippen LogP contribution in [0.15, 0.2) is 53.3 Å². The molecule has 2 N–H and O–H groups in total. The Morgan fingerprint density at radius 2 is 1.47 bits per heavy atom. The van der Waals surface area contributed by atoms with Crippen LogP contribution >= 0.6 is 0 Å². The van der Waals surface area contributed by atoms with E-state index in [-0.39, 0.29) is 17.8 Å². The summed E-state index contributed by atoms with van der Waals surface area (Å²) in [5.74, 6) is -12.2. The molecular formula is C24H21F7N2O. The van der Waals surface area contributed by atoms with E-state index in [0.717, 1.165) is 15.7 Å². The zero-order valence-electron chi connectivity index (χ0n) is 18.4. The minimum Gasteiger partial charge on any atom is -0.394 e. The van der Waals surface area contributed by atoms with E-state index in [9.17, 15) is 35.5 Å². The maximum absolute atomic E-state index is 14.6. The molecule has 0 fully saturated rings. The first-order chi connectivity index (χ1) is 15.6. The highest BCUT2D eigenvalue weighted by Crippen LogP contribution is 2.53. The van der Waals surface area contributed by atoms with Gasteiger partial charge < -0.3 is 10.3 Å². The molecule has 10 heteroatoms. The summed E-state index contributed by atoms with van der Waals surface area (Å²) in [5, 5.41) is 0. The minimum absolute atomic E-state index is 0.167. The van der Waals surface area contributed by atoms with Gasteiger partial charge in [-0.3, -0.25) is 4.79 Å². The van der Waals surface area contributed by atoms with E-state index in [2.05, 4.69) is 0 Å². The predicted molar refractivity (Wildman–Crippen MR) is 115 cm³/mol. The monoisotopic (exact) mass is 486 g/mol. The van der Waals surface area contributed by atoms with Crippen molar-refractivity contribution in [2.45, 2.75) is 45.3 Å². The molecule has 0 aliphatic heterocycles. The van der Waals surface area contributed by atoms with Gasteiger partial charge in [0.1, 0.15) is 5.69 Å². The first kappa shape index (κ1) is 25.3. The number of hydrogen-bond donors (Lipinski definition) is 1. The number of aromatic nitrogens is 1. The maximum Gasteiger partial charge on any atom is 0.460 e. The van der Waals surface area contributed by atoms with E-state index < -0.39 is 34.8 Å². The molecular weight excluding hydrogens is 465 g/mol. The van der Waals surface area contributed by atoms with E-state index in [1.807, 2.05) is 13.0 Å². The largest absolute Gasteiger partial charge is 0.460 e. The fraction of sp³-hybridized carbons (Fsp3) is 0.292. The van der Waals surface area contributed by atoms with Crippen LogP contribution in [0.3, 0.4) is 0 Å². The Hall–Kier alpha value is -3.30. The number of rotatable bonds is 5. The van der Waals surface area contributed by atoms with Crippen LogP contribution in [0.25, 0.3) is 11.3 Å². The Morgan fingerprint density at radius 1 is 0.853 bits per heavy atom. The highest BCUT2D eigenvalue weighted by Gasteiger charge is 2.74. The van der Waals surface area contributed by atoms with Crippen molar-refractivity contribution < 1.29 is 30.7 Å². The number of hydrogen-bond acceptors (Lipinski definition) is 2. The molecule has 182 valence electrons. The number of nitrogens with two attached hydrogens (primary N) is 1. The SMILES string of the molecule is Cc1cccc(-c2cc(C(F)(F)C(F)(F)C(F)(F)F)c(N)c(=O)n2Cc2ccc(C)cc2C)c1. The summed E-state index contributed by atoms with van der Waals surface area (Å²) in [6.45, 7) is 5.10. The molecule has 0 amide bonds. The van der Waals surface area contributed by atoms with Crippen molar-refractivity contribution in [1.82, 2.24) is 4.57 Å². The molecule has 3 nitrogen and oxygen atoms in total. The van der Waals surface area contributed by atoms with Gasteiger partial charge in [-0.05, 0) is 49.6 Å². The molecule has 0 spiro atoms. The Labute approximate surface area is 190 Å². The first-order valence-corrected chi connectivity index (χ1v) is 10.1. The lowest BCUT2D eigenvalue weighted by molar-refractivity contribution is -0.359. The molecule has 0 unspecified atom stereocenters. The summed E-state index contributed by atoms with van der Waals surface area (Å²) in [7, 11) is 0. The van der Waals surface area contributed by atoms with Gasteiger partial charge in [0.25, 0.3) is 5.56 Å². The Bertz CT molecular complexity index is 1290. The third kappa shape index (κ3) is 4.28. The summed E-state index contributed by atoms with van der Waals surface area (Å²) in [6, 6.07) is 11.9. The standard InChI is InChI=1S/C24H21F7N2O/c1-13-5-4-6-16(10-13)19-11-18(22(25,26)23(27,28)24(29,30)31)20(32)21(34)33(19)12-17-8-7-14(2)9-15(17)3/h4-11H,12,32H2,1-3H3. The molecule has 0 saturated carbocycles. The van der Waals surface area contributed by atoms with Gasteiger partial charge in [-0.25, -0.2) is 0 Å². The predicted octanol–water partition coefficient (Wildman–Crippen LogP) is 6.36. The van der Waals surface area contributed by atoms with Crippen LogP contribution in [0.1, 0.15) is 27.8 Å². The third-order valence-electron chi connectivity index (χ3n) is 5.57. The summed E-state index contributed by atoms with van der Waals surface area (Å²) in [4.78, 5) is 13.1. The van der Waals surface area contributed by atoms with Crippen molar-refractivity contribution in [3.63, 3.8) is 0 Å². The second-order valence-electron chi connectivity index (χ2n) is 8.19. The zero-order valence-corrected chi connectivity index (χ0v) is 18.4. The fourth-order valence-corrected chi connectivity index (χ4v) is 3.66. The third-order valence-corrected chi connectivity index (χ3v) is 5.57. The van der Waals surface area contributed by atoms with Crippen LogP contribution in [-0.4, -0.2) is 16.7 Å². The summed E-state index contributed by atoms with van der Waals surface area (Å²) in [5.41, 5.74) is 3.78. The van der Waals surface area contributed by atoms with E-state index in [1.54, 1.807) is 32.0 Å². The highest BCUT2D eigenvalue weighted by atomic mass is 19.4. The maximum atomic E-state index is 14.6. The van der Waals surface area contributed by atoms with Gasteiger partial charge >= 0.3 is 18.0 Å². The molecule has 0 aliphatic carbocycles. The van der Waals surface area contributed by atoms with Crippen LogP contribution in [0, 0.1) is 20.8 Å². The Balaban J connectivity index is 2.34. The second kappa shape index (κ2) is 8.48. The van der Waals surface area contributed by atoms with E-state index in [0.29, 0.717) is 17.2 Å². The molecule has 0 atom stereocenters. The normalized spacial score (nSPS) is 12.8. The van der Waals surface area contributed by atoms with E-state index >= 15 is 0 Å². The Morgan fingerprint density at radius 3 is 2.03 bits per heavy atom. The smallest absolute Gasteiger partial charge is 0.394 e. The van der Waals surface area contributed by atoms with Crippen LogP contribution in [0.4, 0.5) is 36.4 Å². The lowest BCUT2D eigenvalue weighted by Gasteiger charge is -2.30. The van der Waals surface area contributed by atoms with Gasteiger partial charge in [0.15, 0.2) is 0 Å². The van der Waals surface area contributed by atoms with Crippen molar-refractivity contribution in [3.8, 4) is 11.3 Å². The van der Waals surface area contributed by atoms with Crippen molar-refractivity contribution in [3.05, 3.63) is 86.7 Å². The molecule has 1 aromatic heterocycles. The molecule has 2 aromatic carbocycles. The molecule has 0 aliphatic rings. The van der Waals surface area contributed by atoms with Crippen LogP contribution in [0.2, 0.25) is 0 Å². The molecule has 3 aromatic rings. The van der Waals surface area contributed by atoms with Crippen molar-refractivity contribution in [2.75, 3.05) is 5.73 Å². The van der Waals surface area contributed by atoms with Crippen LogP contribution < -0.4 is 11.3 Å². The average molecular weight is 486 g/mol. The van der Waals surface area contributed by atoms with Gasteiger partial charge in [0.2, 0.25) is 0 Å². The number of benzene rings is 2. The van der Waals surface area contributed by atoms with E-state index in [1.165, 1.54) is 18.2 Å². The lowest BCUT2D eigenvalue weighted by atomic mass is 9.97. The summed E-state index contributed by atoms with van der Waals surface area (Å²) < 4.78 is 96.3. The molecule has 0 radical (unpaired) electrons. The number of anilines is 1. The number of nitrogen functional groups attached to an aromatic ring is 1.